The summed E-state index contributed by atoms with van der Waals surface area (Å²) in [5, 5.41) is 1.87. The van der Waals surface area contributed by atoms with Gasteiger partial charge in [-0.2, -0.15) is 0 Å². The highest BCUT2D eigenvalue weighted by Crippen LogP contribution is 2.43. The maximum atomic E-state index is 12.9. The van der Waals surface area contributed by atoms with Gasteiger partial charge in [0.2, 0.25) is 11.8 Å². The summed E-state index contributed by atoms with van der Waals surface area (Å²) < 4.78 is 15.4. The predicted octanol–water partition coefficient (Wildman–Crippen LogP) is 3.61. The summed E-state index contributed by atoms with van der Waals surface area (Å²) in [5.41, 5.74) is 0.864. The van der Waals surface area contributed by atoms with Crippen molar-refractivity contribution in [2.24, 2.45) is 11.8 Å². The van der Waals surface area contributed by atoms with Crippen LogP contribution in [-0.2, 0) is 19.1 Å². The molecule has 2 aromatic carbocycles. The maximum Gasteiger partial charge on any atom is 0.338 e. The zero-order chi connectivity index (χ0) is 26.0. The smallest absolute Gasteiger partial charge is 0.338 e. The molecule has 1 saturated heterocycles. The highest BCUT2D eigenvalue weighted by molar-refractivity contribution is 6.31. The van der Waals surface area contributed by atoms with E-state index < -0.39 is 30.3 Å². The van der Waals surface area contributed by atoms with E-state index in [1.807, 2.05) is 0 Å². The van der Waals surface area contributed by atoms with Crippen molar-refractivity contribution < 1.29 is 33.4 Å². The van der Waals surface area contributed by atoms with Crippen LogP contribution in [0.5, 0.6) is 11.5 Å². The Hall–Kier alpha value is -3.30. The lowest BCUT2D eigenvalue weighted by Crippen LogP contribution is -2.34. The van der Waals surface area contributed by atoms with E-state index in [-0.39, 0.29) is 28.1 Å². The van der Waals surface area contributed by atoms with Crippen molar-refractivity contribution >= 4 is 58.3 Å². The molecule has 2 aromatic rings. The molecule has 1 heterocycles. The molecule has 3 amide bonds. The molecule has 9 nitrogen and oxygen atoms in total. The molecule has 2 fully saturated rings. The summed E-state index contributed by atoms with van der Waals surface area (Å²) in [6.45, 7) is -0.535. The molecule has 1 N–H and O–H groups in total. The van der Waals surface area contributed by atoms with Crippen molar-refractivity contribution in [2.45, 2.75) is 23.6 Å². The van der Waals surface area contributed by atoms with Gasteiger partial charge in [0, 0.05) is 6.07 Å². The molecule has 4 rings (SSSR count). The topological polar surface area (TPSA) is 111 Å². The van der Waals surface area contributed by atoms with Crippen LogP contribution in [0.2, 0.25) is 0 Å². The number of halogens is 2. The largest absolute Gasteiger partial charge is 0.497 e. The maximum absolute atomic E-state index is 12.9. The van der Waals surface area contributed by atoms with Gasteiger partial charge in [0.1, 0.15) is 11.5 Å². The Kier molecular flexibility index (Phi) is 7.70. The monoisotopic (exact) mass is 534 g/mol. The second kappa shape index (κ2) is 10.8. The fourth-order valence-corrected chi connectivity index (χ4v) is 5.00. The van der Waals surface area contributed by atoms with Crippen LogP contribution >= 0.6 is 23.2 Å². The Morgan fingerprint density at radius 3 is 2.11 bits per heavy atom. The number of rotatable bonds is 7. The molecule has 11 heteroatoms. The number of methoxy groups -OCH3 is 2. The number of anilines is 2. The zero-order valence-electron chi connectivity index (χ0n) is 19.5. The van der Waals surface area contributed by atoms with Crippen molar-refractivity contribution in [3.05, 3.63) is 48.0 Å². The number of hydrogen-bond acceptors (Lipinski definition) is 7. The third-order valence-electron chi connectivity index (χ3n) is 6.29. The number of alkyl halides is 2. The second-order valence-corrected chi connectivity index (χ2v) is 9.59. The van der Waals surface area contributed by atoms with Gasteiger partial charge in [0.25, 0.3) is 5.91 Å². The number of esters is 1. The number of carbonyl (C=O) groups excluding carboxylic acids is 4. The Morgan fingerprint density at radius 1 is 0.944 bits per heavy atom. The Labute approximate surface area is 217 Å². The average Bonchev–Trinajstić information content (AvgIpc) is 3.11. The van der Waals surface area contributed by atoms with Crippen LogP contribution in [0.4, 0.5) is 11.4 Å². The summed E-state index contributed by atoms with van der Waals surface area (Å²) in [6, 6.07) is 10.7. The van der Waals surface area contributed by atoms with Gasteiger partial charge in [0.15, 0.2) is 6.61 Å². The van der Waals surface area contributed by atoms with Crippen LogP contribution in [0.15, 0.2) is 42.5 Å². The number of benzene rings is 2. The molecule has 190 valence electrons. The minimum atomic E-state index is -0.739. The number of imide groups is 1. The Morgan fingerprint density at radius 2 is 1.56 bits per heavy atom. The van der Waals surface area contributed by atoms with Crippen molar-refractivity contribution in [1.82, 2.24) is 0 Å². The van der Waals surface area contributed by atoms with Gasteiger partial charge in [-0.15, -0.1) is 23.2 Å². The molecule has 0 unspecified atom stereocenters. The molecule has 36 heavy (non-hydrogen) atoms. The summed E-state index contributed by atoms with van der Waals surface area (Å²) >= 11 is 12.4. The molecular formula is C25H24Cl2N2O7. The third kappa shape index (κ3) is 5.12. The van der Waals surface area contributed by atoms with Gasteiger partial charge in [0.05, 0.1) is 53.7 Å². The van der Waals surface area contributed by atoms with Crippen LogP contribution < -0.4 is 19.7 Å². The molecule has 0 radical (unpaired) electrons. The summed E-state index contributed by atoms with van der Waals surface area (Å²) in [5.74, 6) is -2.02. The third-order valence-corrected chi connectivity index (χ3v) is 7.38. The van der Waals surface area contributed by atoms with Crippen LogP contribution in [0.25, 0.3) is 0 Å². The van der Waals surface area contributed by atoms with E-state index in [1.165, 1.54) is 38.5 Å². The normalized spacial score (nSPS) is 23.2. The summed E-state index contributed by atoms with van der Waals surface area (Å²) in [4.78, 5) is 51.6. The quantitative estimate of drug-likeness (QED) is 0.328. The average molecular weight is 535 g/mol. The predicted molar refractivity (Wildman–Crippen MR) is 133 cm³/mol. The van der Waals surface area contributed by atoms with E-state index in [0.717, 1.165) is 4.90 Å². The molecular weight excluding hydrogens is 511 g/mol. The SMILES string of the molecule is COc1ccc(OC)c(NC(=O)COC(=O)c2ccc(N3C(=O)[C@@H]4C[C@H](Cl)[C@@H](Cl)C[C@H]4C3=O)cc2)c1. The van der Waals surface area contributed by atoms with Gasteiger partial charge >= 0.3 is 5.97 Å². The molecule has 2 aliphatic rings. The Bertz CT molecular complexity index is 1160. The number of amides is 3. The van der Waals surface area contributed by atoms with Crippen LogP contribution in [0.1, 0.15) is 23.2 Å². The van der Waals surface area contributed by atoms with Crippen molar-refractivity contribution in [3.8, 4) is 11.5 Å². The molecule has 0 spiro atoms. The number of fused-ring (bicyclic) bond motifs is 1. The van der Waals surface area contributed by atoms with Crippen LogP contribution in [0.3, 0.4) is 0 Å². The van der Waals surface area contributed by atoms with E-state index >= 15 is 0 Å². The Balaban J connectivity index is 1.37. The first-order chi connectivity index (χ1) is 17.2. The highest BCUT2D eigenvalue weighted by Gasteiger charge is 2.52. The first-order valence-electron chi connectivity index (χ1n) is 11.2. The van der Waals surface area contributed by atoms with Crippen LogP contribution in [-0.4, -0.2) is 55.3 Å². The minimum absolute atomic E-state index is 0.156. The van der Waals surface area contributed by atoms with E-state index in [1.54, 1.807) is 18.2 Å². The fraction of sp³-hybridized carbons (Fsp3) is 0.360. The fourth-order valence-electron chi connectivity index (χ4n) is 4.41. The number of hydrogen-bond donors (Lipinski definition) is 1. The molecule has 0 bridgehead atoms. The summed E-state index contributed by atoms with van der Waals surface area (Å²) in [7, 11) is 2.95. The standard InChI is InChI=1S/C25H24Cl2N2O7/c1-34-15-7-8-21(35-2)20(9-15)28-22(30)12-36-25(33)13-3-5-14(6-4-13)29-23(31)16-10-18(26)19(27)11-17(16)24(29)32/h3-9,16-19H,10-12H2,1-2H3,(H,28,30)/t16-,17-,18+,19+/m1/s1. The zero-order valence-corrected chi connectivity index (χ0v) is 21.0. The molecule has 0 aromatic heterocycles. The number of carbonyl (C=O) groups is 4. The van der Waals surface area contributed by atoms with Gasteiger partial charge < -0.3 is 19.5 Å². The number of nitrogens with zero attached hydrogens (tertiary/aromatic N) is 1. The van der Waals surface area contributed by atoms with E-state index in [2.05, 4.69) is 5.32 Å². The molecule has 1 saturated carbocycles. The van der Waals surface area contributed by atoms with Crippen molar-refractivity contribution in [2.75, 3.05) is 31.0 Å². The molecule has 1 aliphatic carbocycles. The lowest BCUT2D eigenvalue weighted by Gasteiger charge is -2.28. The van der Waals surface area contributed by atoms with Gasteiger partial charge in [-0.05, 0) is 49.2 Å². The van der Waals surface area contributed by atoms with E-state index in [4.69, 9.17) is 37.4 Å². The second-order valence-electron chi connectivity index (χ2n) is 8.47. The summed E-state index contributed by atoms with van der Waals surface area (Å²) in [6.07, 6.45) is 0.686. The first kappa shape index (κ1) is 25.8. The molecule has 1 aliphatic heterocycles. The van der Waals surface area contributed by atoms with Gasteiger partial charge in [-0.1, -0.05) is 0 Å². The van der Waals surface area contributed by atoms with Gasteiger partial charge in [-0.3, -0.25) is 19.3 Å². The van der Waals surface area contributed by atoms with Crippen LogP contribution in [0, 0.1) is 11.8 Å². The van der Waals surface area contributed by atoms with E-state index in [0.29, 0.717) is 35.7 Å². The van der Waals surface area contributed by atoms with Gasteiger partial charge in [-0.25, -0.2) is 4.79 Å². The number of nitrogens with one attached hydrogen (secondary N) is 1. The van der Waals surface area contributed by atoms with Crippen molar-refractivity contribution in [1.29, 1.82) is 0 Å². The lowest BCUT2D eigenvalue weighted by atomic mass is 9.80. The highest BCUT2D eigenvalue weighted by atomic mass is 35.5. The van der Waals surface area contributed by atoms with Crippen molar-refractivity contribution in [3.63, 3.8) is 0 Å². The molecule has 4 atom stereocenters. The van der Waals surface area contributed by atoms with E-state index in [9.17, 15) is 19.2 Å². The number of ether oxygens (including phenoxy) is 3. The first-order valence-corrected chi connectivity index (χ1v) is 12.1. The lowest BCUT2D eigenvalue weighted by molar-refractivity contribution is -0.122. The minimum Gasteiger partial charge on any atom is -0.497 e.